The molecule has 0 aromatic carbocycles. The summed E-state index contributed by atoms with van der Waals surface area (Å²) >= 11 is 0. The van der Waals surface area contributed by atoms with Crippen molar-refractivity contribution in [2.45, 2.75) is 0 Å². The standard InChI is InChI=1S/C6H5N2/c1-2-6-7-4-3-5-8-6/h1-5H. The zero-order valence-electron chi connectivity index (χ0n) is 4.28. The van der Waals surface area contributed by atoms with Gasteiger partial charge < -0.3 is 0 Å². The molecule has 0 atom stereocenters. The number of hydrogen-bond donors (Lipinski definition) is 0. The second-order valence-corrected chi connectivity index (χ2v) is 1.27. The lowest BCUT2D eigenvalue weighted by Crippen LogP contribution is -1.85. The van der Waals surface area contributed by atoms with Crippen molar-refractivity contribution in [3.05, 3.63) is 37.6 Å². The first-order valence-electron chi connectivity index (χ1n) is 2.25. The Morgan fingerprint density at radius 3 is 2.38 bits per heavy atom. The maximum absolute atomic E-state index is 5.10. The van der Waals surface area contributed by atoms with Crippen molar-refractivity contribution in [2.75, 3.05) is 0 Å². The summed E-state index contributed by atoms with van der Waals surface area (Å²) in [6.07, 6.45) is 4.65. The molecule has 0 aliphatic rings. The van der Waals surface area contributed by atoms with E-state index in [9.17, 15) is 0 Å². The third-order valence-corrected chi connectivity index (χ3v) is 0.735. The van der Waals surface area contributed by atoms with Crippen LogP contribution in [0.15, 0.2) is 18.5 Å². The topological polar surface area (TPSA) is 25.8 Å². The van der Waals surface area contributed by atoms with Gasteiger partial charge in [0.15, 0.2) is 0 Å². The maximum Gasteiger partial charge on any atom is 0.132 e. The van der Waals surface area contributed by atoms with Crippen molar-refractivity contribution in [3.63, 3.8) is 0 Å². The molecular weight excluding hydrogens is 100 g/mol. The number of nitrogens with zero attached hydrogens (tertiary/aromatic N) is 2. The molecule has 2 nitrogen and oxygen atoms in total. The predicted molar refractivity (Wildman–Crippen MR) is 29.7 cm³/mol. The Morgan fingerprint density at radius 2 is 2.00 bits per heavy atom. The van der Waals surface area contributed by atoms with Crippen molar-refractivity contribution in [2.24, 2.45) is 0 Å². The van der Waals surface area contributed by atoms with E-state index in [4.69, 9.17) is 6.92 Å². The fraction of sp³-hybridized carbons (Fsp3) is 0. The van der Waals surface area contributed by atoms with Crippen molar-refractivity contribution in [1.82, 2.24) is 9.97 Å². The van der Waals surface area contributed by atoms with E-state index in [1.165, 1.54) is 6.42 Å². The van der Waals surface area contributed by atoms with Crippen molar-refractivity contribution in [1.29, 1.82) is 0 Å². The van der Waals surface area contributed by atoms with Crippen LogP contribution in [0.25, 0.3) is 0 Å². The molecule has 39 valence electrons. The lowest BCUT2D eigenvalue weighted by Gasteiger charge is -1.87. The van der Waals surface area contributed by atoms with E-state index in [1.54, 1.807) is 18.5 Å². The number of aromatic nitrogens is 2. The molecule has 3 radical (unpaired) electrons. The van der Waals surface area contributed by atoms with Gasteiger partial charge in [-0.1, -0.05) is 0 Å². The minimum Gasteiger partial charge on any atom is -0.241 e. The van der Waals surface area contributed by atoms with Gasteiger partial charge in [-0.2, -0.15) is 0 Å². The molecule has 0 bridgehead atoms. The number of rotatable bonds is 1. The zero-order chi connectivity index (χ0) is 5.82. The van der Waals surface area contributed by atoms with Crippen LogP contribution in [-0.2, 0) is 0 Å². The molecule has 0 saturated carbocycles. The molecule has 1 rings (SSSR count). The second-order valence-electron chi connectivity index (χ2n) is 1.27. The lowest BCUT2D eigenvalue weighted by atomic mass is 10.4. The Kier molecular flexibility index (Phi) is 1.57. The maximum atomic E-state index is 5.10. The van der Waals surface area contributed by atoms with Gasteiger partial charge in [0.05, 0.1) is 0 Å². The molecule has 1 heterocycles. The summed E-state index contributed by atoms with van der Waals surface area (Å²) in [5.41, 5.74) is 0. The summed E-state index contributed by atoms with van der Waals surface area (Å²) in [4.78, 5) is 7.61. The molecule has 0 spiro atoms. The van der Waals surface area contributed by atoms with Crippen LogP contribution in [0.3, 0.4) is 0 Å². The summed E-state index contributed by atoms with van der Waals surface area (Å²) in [5, 5.41) is 0. The molecule has 0 aliphatic heterocycles. The van der Waals surface area contributed by atoms with Gasteiger partial charge in [-0.15, -0.1) is 0 Å². The molecule has 0 unspecified atom stereocenters. The Morgan fingerprint density at radius 1 is 1.38 bits per heavy atom. The average molecular weight is 105 g/mol. The van der Waals surface area contributed by atoms with Gasteiger partial charge in [-0.05, 0) is 13.0 Å². The van der Waals surface area contributed by atoms with Crippen LogP contribution in [0.4, 0.5) is 0 Å². The summed E-state index contributed by atoms with van der Waals surface area (Å²) in [7, 11) is 0. The van der Waals surface area contributed by atoms with Crippen LogP contribution >= 0.6 is 0 Å². The highest BCUT2D eigenvalue weighted by Crippen LogP contribution is 1.87. The van der Waals surface area contributed by atoms with Crippen molar-refractivity contribution < 1.29 is 0 Å². The second kappa shape index (κ2) is 2.40. The van der Waals surface area contributed by atoms with Crippen LogP contribution in [0.2, 0.25) is 0 Å². The van der Waals surface area contributed by atoms with E-state index in [0.29, 0.717) is 5.82 Å². The number of hydrogen-bond acceptors (Lipinski definition) is 2. The molecule has 8 heavy (non-hydrogen) atoms. The van der Waals surface area contributed by atoms with E-state index in [1.807, 2.05) is 0 Å². The Hall–Kier alpha value is -0.920. The molecule has 1 aromatic heterocycles. The quantitative estimate of drug-likeness (QED) is 0.526. The fourth-order valence-electron chi connectivity index (χ4n) is 0.397. The molecule has 2 heteroatoms. The molecule has 0 amide bonds. The smallest absolute Gasteiger partial charge is 0.132 e. The van der Waals surface area contributed by atoms with E-state index in [2.05, 4.69) is 9.97 Å². The van der Waals surface area contributed by atoms with Gasteiger partial charge in [-0.25, -0.2) is 9.97 Å². The fourth-order valence-corrected chi connectivity index (χ4v) is 0.397. The third kappa shape index (κ3) is 1.03. The van der Waals surface area contributed by atoms with Gasteiger partial charge in [0.2, 0.25) is 0 Å². The van der Waals surface area contributed by atoms with Crippen LogP contribution in [-0.4, -0.2) is 9.97 Å². The Bertz CT molecular complexity index is 148. The van der Waals surface area contributed by atoms with Crippen LogP contribution in [0.5, 0.6) is 0 Å². The Labute approximate surface area is 48.6 Å². The minimum absolute atomic E-state index is 0.563. The third-order valence-electron chi connectivity index (χ3n) is 0.735. The molecule has 0 saturated heterocycles. The largest absolute Gasteiger partial charge is 0.241 e. The summed E-state index contributed by atoms with van der Waals surface area (Å²) in [5.74, 6) is 0.563. The van der Waals surface area contributed by atoms with E-state index < -0.39 is 0 Å². The van der Waals surface area contributed by atoms with Gasteiger partial charge in [0.25, 0.3) is 0 Å². The van der Waals surface area contributed by atoms with Gasteiger partial charge in [0, 0.05) is 18.8 Å². The summed E-state index contributed by atoms with van der Waals surface area (Å²) in [6.45, 7) is 5.10. The highest BCUT2D eigenvalue weighted by Gasteiger charge is 1.84. The summed E-state index contributed by atoms with van der Waals surface area (Å²) in [6, 6.07) is 1.74. The van der Waals surface area contributed by atoms with Crippen LogP contribution in [0.1, 0.15) is 5.82 Å². The SMILES string of the molecule is [CH][CH]c1ncccn1. The van der Waals surface area contributed by atoms with Gasteiger partial charge >= 0.3 is 0 Å². The van der Waals surface area contributed by atoms with E-state index in [0.717, 1.165) is 0 Å². The first kappa shape index (κ1) is 5.22. The molecular formula is C6H5N2. The predicted octanol–water partition coefficient (Wildman–Crippen LogP) is 0.740. The highest BCUT2D eigenvalue weighted by molar-refractivity contribution is 5.01. The van der Waals surface area contributed by atoms with E-state index >= 15 is 0 Å². The Balaban J connectivity index is 2.83. The molecule has 0 fully saturated rings. The minimum atomic E-state index is 0.563. The van der Waals surface area contributed by atoms with Gasteiger partial charge in [0.1, 0.15) is 5.82 Å². The normalized spacial score (nSPS) is 9.12. The molecule has 0 N–H and O–H groups in total. The first-order valence-corrected chi connectivity index (χ1v) is 2.25. The molecule has 1 aromatic rings. The van der Waals surface area contributed by atoms with Crippen LogP contribution < -0.4 is 0 Å². The highest BCUT2D eigenvalue weighted by atomic mass is 14.8. The lowest BCUT2D eigenvalue weighted by molar-refractivity contribution is 1.08. The zero-order valence-corrected chi connectivity index (χ0v) is 4.28. The average Bonchev–Trinajstić information content (AvgIpc) is 1.90. The molecule has 0 aliphatic carbocycles. The first-order chi connectivity index (χ1) is 3.93. The summed E-state index contributed by atoms with van der Waals surface area (Å²) < 4.78 is 0. The van der Waals surface area contributed by atoms with Crippen LogP contribution in [0, 0.1) is 13.3 Å². The van der Waals surface area contributed by atoms with E-state index in [-0.39, 0.29) is 0 Å². The van der Waals surface area contributed by atoms with Crippen molar-refractivity contribution in [3.8, 4) is 0 Å². The van der Waals surface area contributed by atoms with Crippen molar-refractivity contribution >= 4 is 0 Å². The monoisotopic (exact) mass is 105 g/mol. The van der Waals surface area contributed by atoms with Gasteiger partial charge in [-0.3, -0.25) is 0 Å².